The molecule has 0 aliphatic rings. The van der Waals surface area contributed by atoms with Crippen LogP contribution in [0.2, 0.25) is 0 Å². The number of halogens is 1. The fourth-order valence-corrected chi connectivity index (χ4v) is 2.52. The molecule has 3 heteroatoms. The van der Waals surface area contributed by atoms with E-state index in [-0.39, 0.29) is 6.04 Å². The zero-order chi connectivity index (χ0) is 14.4. The third kappa shape index (κ3) is 3.96. The van der Waals surface area contributed by atoms with E-state index in [2.05, 4.69) is 71.2 Å². The molecule has 2 rings (SSSR count). The van der Waals surface area contributed by atoms with E-state index in [4.69, 9.17) is 4.74 Å². The van der Waals surface area contributed by atoms with Crippen LogP contribution in [0.5, 0.6) is 5.75 Å². The van der Waals surface area contributed by atoms with Gasteiger partial charge in [0.1, 0.15) is 5.75 Å². The van der Waals surface area contributed by atoms with Gasteiger partial charge < -0.3 is 10.1 Å². The summed E-state index contributed by atoms with van der Waals surface area (Å²) in [6.07, 6.45) is 1.03. The van der Waals surface area contributed by atoms with Gasteiger partial charge >= 0.3 is 0 Å². The summed E-state index contributed by atoms with van der Waals surface area (Å²) < 4.78 is 6.88. The predicted molar refractivity (Wildman–Crippen MR) is 92.3 cm³/mol. The smallest absolute Gasteiger partial charge is 0.119 e. The van der Waals surface area contributed by atoms with Crippen molar-refractivity contribution in [1.82, 2.24) is 5.32 Å². The minimum absolute atomic E-state index is 0.215. The Morgan fingerprint density at radius 1 is 1.00 bits per heavy atom. The number of hydrogen-bond donors (Lipinski definition) is 1. The Morgan fingerprint density at radius 3 is 2.05 bits per heavy atom. The van der Waals surface area contributed by atoms with Gasteiger partial charge in [-0.25, -0.2) is 0 Å². The van der Waals surface area contributed by atoms with Gasteiger partial charge in [-0.05, 0) is 71.5 Å². The second-order valence-electron chi connectivity index (χ2n) is 4.69. The van der Waals surface area contributed by atoms with E-state index in [0.29, 0.717) is 0 Å². The minimum Gasteiger partial charge on any atom is -0.494 e. The molecule has 0 spiro atoms. The highest BCUT2D eigenvalue weighted by Gasteiger charge is 2.11. The van der Waals surface area contributed by atoms with E-state index < -0.39 is 0 Å². The lowest BCUT2D eigenvalue weighted by atomic mass is 9.99. The van der Waals surface area contributed by atoms with E-state index >= 15 is 0 Å². The van der Waals surface area contributed by atoms with Gasteiger partial charge in [-0.1, -0.05) is 31.2 Å². The summed E-state index contributed by atoms with van der Waals surface area (Å²) in [6, 6.07) is 17.2. The van der Waals surface area contributed by atoms with Gasteiger partial charge in [-0.15, -0.1) is 0 Å². The molecule has 0 bridgehead atoms. The Kier molecular flexibility index (Phi) is 5.86. The molecule has 0 radical (unpaired) electrons. The first kappa shape index (κ1) is 15.3. The lowest BCUT2D eigenvalue weighted by Crippen LogP contribution is -2.17. The van der Waals surface area contributed by atoms with Gasteiger partial charge in [0.05, 0.1) is 12.6 Å². The van der Waals surface area contributed by atoms with Crippen LogP contribution in [0, 0.1) is 3.57 Å². The normalized spacial score (nSPS) is 12.2. The van der Waals surface area contributed by atoms with Gasteiger partial charge in [0.2, 0.25) is 0 Å². The maximum atomic E-state index is 5.62. The molecular formula is C17H20INO. The number of nitrogens with one attached hydrogen (secondary N) is 1. The molecule has 1 N–H and O–H groups in total. The molecule has 0 aliphatic heterocycles. The Hall–Kier alpha value is -1.07. The van der Waals surface area contributed by atoms with Gasteiger partial charge in [0.15, 0.2) is 0 Å². The molecule has 0 heterocycles. The summed E-state index contributed by atoms with van der Waals surface area (Å²) in [5.41, 5.74) is 2.52. The second kappa shape index (κ2) is 7.64. The van der Waals surface area contributed by atoms with Crippen LogP contribution in [-0.4, -0.2) is 13.7 Å². The first-order chi connectivity index (χ1) is 9.74. The van der Waals surface area contributed by atoms with E-state index in [9.17, 15) is 0 Å². The molecule has 2 nitrogen and oxygen atoms in total. The molecule has 0 saturated carbocycles. The van der Waals surface area contributed by atoms with Gasteiger partial charge in [0, 0.05) is 3.57 Å². The number of benzene rings is 2. The largest absolute Gasteiger partial charge is 0.494 e. The molecule has 0 saturated heterocycles. The van der Waals surface area contributed by atoms with Crippen molar-refractivity contribution in [3.05, 3.63) is 63.2 Å². The average molecular weight is 381 g/mol. The highest BCUT2D eigenvalue weighted by molar-refractivity contribution is 14.1. The second-order valence-corrected chi connectivity index (χ2v) is 5.94. The first-order valence-electron chi connectivity index (χ1n) is 6.90. The maximum Gasteiger partial charge on any atom is 0.119 e. The zero-order valence-corrected chi connectivity index (χ0v) is 14.1. The van der Waals surface area contributed by atoms with E-state index in [0.717, 1.165) is 18.8 Å². The van der Waals surface area contributed by atoms with Crippen LogP contribution in [0.1, 0.15) is 30.5 Å². The van der Waals surface area contributed by atoms with Crippen LogP contribution in [-0.2, 0) is 0 Å². The Morgan fingerprint density at radius 2 is 1.55 bits per heavy atom. The highest BCUT2D eigenvalue weighted by Crippen LogP contribution is 2.24. The van der Waals surface area contributed by atoms with Crippen LogP contribution in [0.4, 0.5) is 0 Å². The van der Waals surface area contributed by atoms with E-state index in [1.807, 2.05) is 19.2 Å². The molecule has 0 fully saturated rings. The number of ether oxygens (including phenoxy) is 1. The molecule has 106 valence electrons. The van der Waals surface area contributed by atoms with Crippen LogP contribution < -0.4 is 10.1 Å². The van der Waals surface area contributed by atoms with Crippen molar-refractivity contribution in [2.45, 2.75) is 19.4 Å². The zero-order valence-electron chi connectivity index (χ0n) is 11.9. The van der Waals surface area contributed by atoms with E-state index in [1.165, 1.54) is 14.7 Å². The van der Waals surface area contributed by atoms with Gasteiger partial charge in [0.25, 0.3) is 0 Å². The highest BCUT2D eigenvalue weighted by atomic mass is 127. The van der Waals surface area contributed by atoms with Crippen LogP contribution in [0.25, 0.3) is 0 Å². The summed E-state index contributed by atoms with van der Waals surface area (Å²) in [5, 5.41) is 3.37. The molecule has 2 aromatic carbocycles. The first-order valence-corrected chi connectivity index (χ1v) is 7.98. The third-order valence-corrected chi connectivity index (χ3v) is 3.90. The van der Waals surface area contributed by atoms with Crippen LogP contribution >= 0.6 is 22.6 Å². The molecule has 20 heavy (non-hydrogen) atoms. The number of rotatable bonds is 6. The number of hydrogen-bond acceptors (Lipinski definition) is 2. The molecule has 1 atom stereocenters. The topological polar surface area (TPSA) is 21.3 Å². The van der Waals surface area contributed by atoms with Crippen LogP contribution in [0.15, 0.2) is 48.5 Å². The van der Waals surface area contributed by atoms with Gasteiger partial charge in [-0.2, -0.15) is 0 Å². The van der Waals surface area contributed by atoms with Crippen molar-refractivity contribution < 1.29 is 4.74 Å². The summed E-state index contributed by atoms with van der Waals surface area (Å²) in [5.74, 6) is 0.938. The quantitative estimate of drug-likeness (QED) is 0.750. The predicted octanol–water partition coefficient (Wildman–Crippen LogP) is 4.39. The molecule has 0 aliphatic carbocycles. The molecule has 2 aromatic rings. The summed E-state index contributed by atoms with van der Waals surface area (Å²) in [6.45, 7) is 2.88. The van der Waals surface area contributed by atoms with Gasteiger partial charge in [-0.3, -0.25) is 0 Å². The van der Waals surface area contributed by atoms with E-state index in [1.54, 1.807) is 0 Å². The Balaban J connectivity index is 2.17. The maximum absolute atomic E-state index is 5.62. The van der Waals surface area contributed by atoms with Crippen LogP contribution in [0.3, 0.4) is 0 Å². The molecule has 1 unspecified atom stereocenters. The third-order valence-electron chi connectivity index (χ3n) is 3.18. The molecule has 0 amide bonds. The summed E-state index contributed by atoms with van der Waals surface area (Å²) in [4.78, 5) is 0. The van der Waals surface area contributed by atoms with Crippen molar-refractivity contribution in [3.63, 3.8) is 0 Å². The Labute approximate surface area is 134 Å². The SMILES string of the molecule is CCCOc1ccc(C(NC)c2ccc(I)cc2)cc1. The fourth-order valence-electron chi connectivity index (χ4n) is 2.16. The molecule has 0 aromatic heterocycles. The summed E-state index contributed by atoms with van der Waals surface area (Å²) >= 11 is 2.33. The van der Waals surface area contributed by atoms with Crippen molar-refractivity contribution in [3.8, 4) is 5.75 Å². The average Bonchev–Trinajstić information content (AvgIpc) is 2.49. The standard InChI is InChI=1S/C17H20INO/c1-3-12-20-16-10-6-14(7-11-16)17(19-2)13-4-8-15(18)9-5-13/h4-11,17,19H,3,12H2,1-2H3. The lowest BCUT2D eigenvalue weighted by molar-refractivity contribution is 0.317. The lowest BCUT2D eigenvalue weighted by Gasteiger charge is -2.18. The minimum atomic E-state index is 0.215. The van der Waals surface area contributed by atoms with Crippen molar-refractivity contribution >= 4 is 22.6 Å². The van der Waals surface area contributed by atoms with Crippen molar-refractivity contribution in [2.75, 3.05) is 13.7 Å². The summed E-state index contributed by atoms with van der Waals surface area (Å²) in [7, 11) is 1.99. The monoisotopic (exact) mass is 381 g/mol. The van der Waals surface area contributed by atoms with Crippen molar-refractivity contribution in [2.24, 2.45) is 0 Å². The molecular weight excluding hydrogens is 361 g/mol. The fraction of sp³-hybridized carbons (Fsp3) is 0.294. The van der Waals surface area contributed by atoms with Crippen molar-refractivity contribution in [1.29, 1.82) is 0 Å². The Bertz CT molecular complexity index is 522.